The number of nitrogens with zero attached hydrogens (tertiary/aromatic N) is 1. The van der Waals surface area contributed by atoms with Gasteiger partial charge >= 0.3 is 6.92 Å². The lowest BCUT2D eigenvalue weighted by Crippen LogP contribution is -2.53. The molecule has 6 heteroatoms. The SMILES string of the molecule is c1cc(-c2ccc3c(c2)B2Oc4ccccc4-c4cc(-c5cccc6c5oc5c6ccc6oc7ccccc7c65)cc(c42)O3)cc(-n2c3ccccc3c3ccccc32)c1. The van der Waals surface area contributed by atoms with Crippen molar-refractivity contribution in [1.29, 1.82) is 0 Å². The molecular weight excluding hydrogens is 737 g/mol. The molecule has 5 nitrogen and oxygen atoms in total. The standard InChI is InChI=1S/C54H30BNO4/c1-5-19-44-36(13-1)37-14-2-6-20-45(37)56(44)34-12-9-11-31(27-34)32-23-25-48-43(29-32)55-52-42(38-15-3-8-22-47(38)60-55)28-33(30-50(52)58-48)35-17-10-18-39-40-24-26-49-51(54(40)59-53(35)39)41-16-4-7-21-46(41)57-49/h1-30H. The Kier molecular flexibility index (Phi) is 6.31. The van der Waals surface area contributed by atoms with E-state index in [1.54, 1.807) is 0 Å². The van der Waals surface area contributed by atoms with E-state index < -0.39 is 0 Å². The van der Waals surface area contributed by atoms with Gasteiger partial charge < -0.3 is 22.8 Å². The molecule has 0 N–H and O–H groups in total. The Hall–Kier alpha value is -7.96. The zero-order valence-corrected chi connectivity index (χ0v) is 32.0. The minimum atomic E-state index is -0.354. The van der Waals surface area contributed by atoms with Gasteiger partial charge in [0, 0.05) is 54.7 Å². The van der Waals surface area contributed by atoms with E-state index in [1.807, 2.05) is 24.3 Å². The van der Waals surface area contributed by atoms with Gasteiger partial charge in [0.15, 0.2) is 0 Å². The smallest absolute Gasteiger partial charge is 0.434 e. The number of hydrogen-bond acceptors (Lipinski definition) is 4. The van der Waals surface area contributed by atoms with Crippen LogP contribution in [0.2, 0.25) is 0 Å². The summed E-state index contributed by atoms with van der Waals surface area (Å²) < 4.78 is 29.4. The number of benzene rings is 9. The summed E-state index contributed by atoms with van der Waals surface area (Å²) in [5.74, 6) is 2.42. The lowest BCUT2D eigenvalue weighted by Gasteiger charge is -2.33. The Morgan fingerprint density at radius 3 is 2.00 bits per heavy atom. The van der Waals surface area contributed by atoms with Gasteiger partial charge in [-0.15, -0.1) is 0 Å². The average molecular weight is 768 g/mol. The van der Waals surface area contributed by atoms with Gasteiger partial charge in [0.05, 0.1) is 16.4 Å². The van der Waals surface area contributed by atoms with Crippen molar-refractivity contribution in [2.75, 3.05) is 0 Å². The van der Waals surface area contributed by atoms with E-state index in [0.29, 0.717) is 0 Å². The van der Waals surface area contributed by atoms with Crippen molar-refractivity contribution in [1.82, 2.24) is 4.57 Å². The summed E-state index contributed by atoms with van der Waals surface area (Å²) >= 11 is 0. The van der Waals surface area contributed by atoms with Gasteiger partial charge in [0.25, 0.3) is 0 Å². The Labute approximate surface area is 343 Å². The highest BCUT2D eigenvalue weighted by Gasteiger charge is 2.41. The molecule has 60 heavy (non-hydrogen) atoms. The third-order valence-corrected chi connectivity index (χ3v) is 12.7. The third kappa shape index (κ3) is 4.37. The van der Waals surface area contributed by atoms with Gasteiger partial charge in [-0.1, -0.05) is 115 Å². The molecule has 0 saturated heterocycles. The van der Waals surface area contributed by atoms with Crippen LogP contribution in [0.5, 0.6) is 17.2 Å². The molecule has 5 heterocycles. The zero-order valence-electron chi connectivity index (χ0n) is 32.0. The predicted octanol–water partition coefficient (Wildman–Crippen LogP) is 13.2. The van der Waals surface area contributed by atoms with Gasteiger partial charge in [-0.05, 0) is 89.0 Å². The predicted molar refractivity (Wildman–Crippen MR) is 244 cm³/mol. The van der Waals surface area contributed by atoms with Crippen LogP contribution in [0.4, 0.5) is 0 Å². The van der Waals surface area contributed by atoms with Crippen LogP contribution in [0.25, 0.3) is 105 Å². The molecule has 0 saturated carbocycles. The summed E-state index contributed by atoms with van der Waals surface area (Å²) in [7, 11) is 0. The molecule has 278 valence electrons. The van der Waals surface area contributed by atoms with Crippen LogP contribution in [0.3, 0.4) is 0 Å². The first-order chi connectivity index (χ1) is 29.7. The Morgan fingerprint density at radius 2 is 1.12 bits per heavy atom. The van der Waals surface area contributed by atoms with Gasteiger partial charge in [-0.3, -0.25) is 0 Å². The van der Waals surface area contributed by atoms with Crippen LogP contribution in [0, 0.1) is 0 Å². The highest BCUT2D eigenvalue weighted by atomic mass is 16.5. The van der Waals surface area contributed by atoms with Crippen molar-refractivity contribution < 1.29 is 18.2 Å². The molecule has 0 amide bonds. The first kappa shape index (κ1) is 32.1. The number of aromatic nitrogens is 1. The Balaban J connectivity index is 0.917. The van der Waals surface area contributed by atoms with Crippen molar-refractivity contribution in [3.63, 3.8) is 0 Å². The number of ether oxygens (including phenoxy) is 1. The first-order valence-electron chi connectivity index (χ1n) is 20.3. The third-order valence-electron chi connectivity index (χ3n) is 12.7. The van der Waals surface area contributed by atoms with Crippen LogP contribution >= 0.6 is 0 Å². The second-order valence-electron chi connectivity index (χ2n) is 15.9. The van der Waals surface area contributed by atoms with Crippen LogP contribution in [-0.4, -0.2) is 11.5 Å². The maximum absolute atomic E-state index is 6.95. The van der Waals surface area contributed by atoms with Crippen molar-refractivity contribution >= 4 is 83.5 Å². The van der Waals surface area contributed by atoms with Gasteiger partial charge in [0.2, 0.25) is 0 Å². The molecule has 3 aromatic heterocycles. The van der Waals surface area contributed by atoms with E-state index in [2.05, 4.69) is 162 Å². The van der Waals surface area contributed by atoms with Crippen molar-refractivity contribution in [3.8, 4) is 56.3 Å². The minimum Gasteiger partial charge on any atom is -0.551 e. The molecule has 12 aromatic rings. The molecular formula is C54H30BNO4. The molecule has 0 unspecified atom stereocenters. The number of furan rings is 2. The van der Waals surface area contributed by atoms with Crippen LogP contribution in [0.15, 0.2) is 191 Å². The Morgan fingerprint density at radius 1 is 0.400 bits per heavy atom. The lowest BCUT2D eigenvalue weighted by molar-refractivity contribution is 0.479. The van der Waals surface area contributed by atoms with E-state index in [9.17, 15) is 0 Å². The minimum absolute atomic E-state index is 0.354. The van der Waals surface area contributed by atoms with E-state index in [-0.39, 0.29) is 6.92 Å². The molecule has 2 aliphatic rings. The molecule has 14 rings (SSSR count). The molecule has 2 aliphatic heterocycles. The van der Waals surface area contributed by atoms with E-state index in [4.69, 9.17) is 18.2 Å². The lowest BCUT2D eigenvalue weighted by atomic mass is 9.50. The highest BCUT2D eigenvalue weighted by Crippen LogP contribution is 2.46. The monoisotopic (exact) mass is 767 g/mol. The fraction of sp³-hybridized carbons (Fsp3) is 0. The fourth-order valence-corrected chi connectivity index (χ4v) is 10.0. The molecule has 0 spiro atoms. The topological polar surface area (TPSA) is 49.7 Å². The van der Waals surface area contributed by atoms with Crippen LogP contribution in [-0.2, 0) is 0 Å². The summed E-state index contributed by atoms with van der Waals surface area (Å²) in [6.45, 7) is -0.354. The summed E-state index contributed by atoms with van der Waals surface area (Å²) in [5, 5.41) is 6.66. The van der Waals surface area contributed by atoms with Gasteiger partial charge in [0.1, 0.15) is 39.6 Å². The summed E-state index contributed by atoms with van der Waals surface area (Å²) in [4.78, 5) is 0. The maximum Gasteiger partial charge on any atom is 0.434 e. The van der Waals surface area contributed by atoms with Crippen molar-refractivity contribution in [3.05, 3.63) is 182 Å². The summed E-state index contributed by atoms with van der Waals surface area (Å²) in [6, 6.07) is 64.0. The molecule has 0 aliphatic carbocycles. The van der Waals surface area contributed by atoms with Crippen LogP contribution in [0.1, 0.15) is 0 Å². The fourth-order valence-electron chi connectivity index (χ4n) is 10.0. The largest absolute Gasteiger partial charge is 0.551 e. The summed E-state index contributed by atoms with van der Waals surface area (Å²) in [6.07, 6.45) is 0. The zero-order chi connectivity index (χ0) is 39.1. The van der Waals surface area contributed by atoms with E-state index in [0.717, 1.165) is 111 Å². The second kappa shape index (κ2) is 11.8. The van der Waals surface area contributed by atoms with Crippen molar-refractivity contribution in [2.24, 2.45) is 0 Å². The molecule has 9 aromatic carbocycles. The van der Waals surface area contributed by atoms with Crippen LogP contribution < -0.4 is 20.3 Å². The second-order valence-corrected chi connectivity index (χ2v) is 15.9. The quantitative estimate of drug-likeness (QED) is 0.168. The van der Waals surface area contributed by atoms with Gasteiger partial charge in [-0.25, -0.2) is 0 Å². The first-order valence-corrected chi connectivity index (χ1v) is 20.3. The number of para-hydroxylation sites is 5. The summed E-state index contributed by atoms with van der Waals surface area (Å²) in [5.41, 5.74) is 15.2. The normalized spacial score (nSPS) is 12.9. The molecule has 0 radical (unpaired) electrons. The van der Waals surface area contributed by atoms with E-state index >= 15 is 0 Å². The van der Waals surface area contributed by atoms with Crippen molar-refractivity contribution in [2.45, 2.75) is 0 Å². The Bertz CT molecular complexity index is 3760. The molecule has 0 bridgehead atoms. The highest BCUT2D eigenvalue weighted by molar-refractivity contribution is 6.84. The number of hydrogen-bond donors (Lipinski definition) is 0. The molecule has 0 fully saturated rings. The maximum atomic E-state index is 6.95. The average Bonchev–Trinajstić information content (AvgIpc) is 3.98. The van der Waals surface area contributed by atoms with E-state index in [1.165, 1.54) is 21.8 Å². The number of rotatable bonds is 3. The number of fused-ring (bicyclic) bond motifs is 14. The molecule has 0 atom stereocenters. The van der Waals surface area contributed by atoms with Gasteiger partial charge in [-0.2, -0.15) is 0 Å².